The molecule has 0 bridgehead atoms. The van der Waals surface area contributed by atoms with Gasteiger partial charge in [-0.05, 0) is 24.6 Å². The lowest BCUT2D eigenvalue weighted by Gasteiger charge is -2.12. The van der Waals surface area contributed by atoms with Crippen molar-refractivity contribution in [3.8, 4) is 0 Å². The molecule has 0 aromatic heterocycles. The van der Waals surface area contributed by atoms with Crippen molar-refractivity contribution in [1.82, 2.24) is 5.32 Å². The van der Waals surface area contributed by atoms with Crippen molar-refractivity contribution >= 4 is 5.91 Å². The number of hydrogen-bond donors (Lipinski definition) is 2. The molecule has 2 N–H and O–H groups in total. The van der Waals surface area contributed by atoms with E-state index in [2.05, 4.69) is 5.32 Å². The number of carbonyl (C=O) groups excluding carboxylic acids is 1. The molecule has 2 rings (SSSR count). The van der Waals surface area contributed by atoms with E-state index in [9.17, 15) is 9.90 Å². The predicted molar refractivity (Wildman–Crippen MR) is 74.9 cm³/mol. The number of aliphatic hydroxyl groups excluding tert-OH is 1. The Hall–Kier alpha value is -2.13. The minimum absolute atomic E-state index is 0.168. The standard InChI is InChI=1S/C16H17NO2/c1-12-6-5-9-14(10-12)16(19)17-11-15(18)13-7-3-2-4-8-13/h2-10,15,18H,11H2,1H3,(H,17,19)/t15-/m1/s1. The third-order valence-corrected chi connectivity index (χ3v) is 2.92. The van der Waals surface area contributed by atoms with Gasteiger partial charge in [-0.15, -0.1) is 0 Å². The van der Waals surface area contributed by atoms with Gasteiger partial charge in [-0.1, -0.05) is 48.0 Å². The van der Waals surface area contributed by atoms with Gasteiger partial charge in [0.2, 0.25) is 0 Å². The fourth-order valence-corrected chi connectivity index (χ4v) is 1.87. The molecule has 0 heterocycles. The summed E-state index contributed by atoms with van der Waals surface area (Å²) < 4.78 is 0. The number of amides is 1. The third kappa shape index (κ3) is 3.66. The molecule has 1 atom stereocenters. The normalized spacial score (nSPS) is 11.9. The Bertz CT molecular complexity index is 552. The van der Waals surface area contributed by atoms with Crippen LogP contribution in [-0.2, 0) is 0 Å². The number of hydrogen-bond acceptors (Lipinski definition) is 2. The Morgan fingerprint density at radius 2 is 1.89 bits per heavy atom. The van der Waals surface area contributed by atoms with Gasteiger partial charge in [-0.25, -0.2) is 0 Å². The summed E-state index contributed by atoms with van der Waals surface area (Å²) in [7, 11) is 0. The van der Waals surface area contributed by atoms with E-state index in [0.29, 0.717) is 5.56 Å². The van der Waals surface area contributed by atoms with E-state index >= 15 is 0 Å². The maximum Gasteiger partial charge on any atom is 0.251 e. The average molecular weight is 255 g/mol. The molecule has 3 nitrogen and oxygen atoms in total. The molecule has 0 radical (unpaired) electrons. The van der Waals surface area contributed by atoms with Gasteiger partial charge in [0.1, 0.15) is 0 Å². The molecule has 19 heavy (non-hydrogen) atoms. The van der Waals surface area contributed by atoms with E-state index in [4.69, 9.17) is 0 Å². The first kappa shape index (κ1) is 13.3. The molecular formula is C16H17NO2. The second-order valence-electron chi connectivity index (χ2n) is 4.51. The van der Waals surface area contributed by atoms with Crippen molar-refractivity contribution in [2.75, 3.05) is 6.54 Å². The monoisotopic (exact) mass is 255 g/mol. The first-order valence-corrected chi connectivity index (χ1v) is 6.24. The first-order chi connectivity index (χ1) is 9.16. The van der Waals surface area contributed by atoms with Crippen LogP contribution < -0.4 is 5.32 Å². The number of aliphatic hydroxyl groups is 1. The van der Waals surface area contributed by atoms with Crippen LogP contribution in [0.5, 0.6) is 0 Å². The largest absolute Gasteiger partial charge is 0.387 e. The zero-order valence-electron chi connectivity index (χ0n) is 10.8. The van der Waals surface area contributed by atoms with Gasteiger partial charge in [0, 0.05) is 12.1 Å². The summed E-state index contributed by atoms with van der Waals surface area (Å²) in [5, 5.41) is 12.7. The molecule has 0 unspecified atom stereocenters. The molecule has 0 aliphatic carbocycles. The highest BCUT2D eigenvalue weighted by atomic mass is 16.3. The van der Waals surface area contributed by atoms with E-state index in [0.717, 1.165) is 11.1 Å². The number of benzene rings is 2. The molecule has 0 spiro atoms. The van der Waals surface area contributed by atoms with Crippen LogP contribution in [0.4, 0.5) is 0 Å². The van der Waals surface area contributed by atoms with Crippen LogP contribution in [0.25, 0.3) is 0 Å². The van der Waals surface area contributed by atoms with Gasteiger partial charge in [0.25, 0.3) is 5.91 Å². The molecule has 1 amide bonds. The Morgan fingerprint density at radius 3 is 2.58 bits per heavy atom. The summed E-state index contributed by atoms with van der Waals surface area (Å²) in [4.78, 5) is 11.9. The topological polar surface area (TPSA) is 49.3 Å². The molecule has 0 aliphatic rings. The summed E-state index contributed by atoms with van der Waals surface area (Å²) >= 11 is 0. The highest BCUT2D eigenvalue weighted by molar-refractivity contribution is 5.94. The molecule has 0 saturated carbocycles. The van der Waals surface area contributed by atoms with Crippen molar-refractivity contribution in [3.63, 3.8) is 0 Å². The molecule has 3 heteroatoms. The molecule has 2 aromatic carbocycles. The Morgan fingerprint density at radius 1 is 1.16 bits per heavy atom. The van der Waals surface area contributed by atoms with E-state index in [-0.39, 0.29) is 12.5 Å². The maximum atomic E-state index is 11.9. The number of nitrogens with one attached hydrogen (secondary N) is 1. The van der Waals surface area contributed by atoms with Crippen LogP contribution >= 0.6 is 0 Å². The van der Waals surface area contributed by atoms with Crippen LogP contribution in [0.1, 0.15) is 27.6 Å². The molecule has 98 valence electrons. The van der Waals surface area contributed by atoms with Crippen LogP contribution in [0.3, 0.4) is 0 Å². The van der Waals surface area contributed by atoms with E-state index in [1.807, 2.05) is 55.5 Å². The summed E-state index contributed by atoms with van der Waals surface area (Å²) in [5.41, 5.74) is 2.45. The zero-order valence-corrected chi connectivity index (χ0v) is 10.8. The number of carbonyl (C=O) groups is 1. The van der Waals surface area contributed by atoms with E-state index < -0.39 is 6.10 Å². The van der Waals surface area contributed by atoms with Crippen LogP contribution in [0.15, 0.2) is 54.6 Å². The summed E-state index contributed by atoms with van der Waals surface area (Å²) in [6, 6.07) is 16.7. The van der Waals surface area contributed by atoms with Gasteiger partial charge < -0.3 is 10.4 Å². The third-order valence-electron chi connectivity index (χ3n) is 2.92. The maximum absolute atomic E-state index is 11.9. The fraction of sp³-hybridized carbons (Fsp3) is 0.188. The van der Waals surface area contributed by atoms with Gasteiger partial charge in [0.05, 0.1) is 6.10 Å². The second-order valence-corrected chi connectivity index (χ2v) is 4.51. The van der Waals surface area contributed by atoms with Crippen molar-refractivity contribution in [2.45, 2.75) is 13.0 Å². The minimum Gasteiger partial charge on any atom is -0.387 e. The molecule has 2 aromatic rings. The molecule has 0 fully saturated rings. The van der Waals surface area contributed by atoms with Gasteiger partial charge in [-0.3, -0.25) is 4.79 Å². The summed E-state index contributed by atoms with van der Waals surface area (Å²) in [6.45, 7) is 2.15. The molecular weight excluding hydrogens is 238 g/mol. The van der Waals surface area contributed by atoms with Gasteiger partial charge in [0.15, 0.2) is 0 Å². The van der Waals surface area contributed by atoms with Crippen molar-refractivity contribution < 1.29 is 9.90 Å². The highest BCUT2D eigenvalue weighted by Gasteiger charge is 2.10. The second kappa shape index (κ2) is 6.16. The smallest absolute Gasteiger partial charge is 0.251 e. The van der Waals surface area contributed by atoms with E-state index in [1.165, 1.54) is 0 Å². The van der Waals surface area contributed by atoms with Crippen LogP contribution in [-0.4, -0.2) is 17.6 Å². The van der Waals surface area contributed by atoms with Crippen LogP contribution in [0, 0.1) is 6.92 Å². The summed E-state index contributed by atoms with van der Waals surface area (Å²) in [5.74, 6) is -0.168. The fourth-order valence-electron chi connectivity index (χ4n) is 1.87. The van der Waals surface area contributed by atoms with Crippen LogP contribution in [0.2, 0.25) is 0 Å². The van der Waals surface area contributed by atoms with E-state index in [1.54, 1.807) is 6.07 Å². The summed E-state index contributed by atoms with van der Waals surface area (Å²) in [6.07, 6.45) is -0.685. The average Bonchev–Trinajstić information content (AvgIpc) is 2.45. The van der Waals surface area contributed by atoms with Gasteiger partial charge >= 0.3 is 0 Å². The number of aryl methyl sites for hydroxylation is 1. The van der Waals surface area contributed by atoms with Crippen molar-refractivity contribution in [3.05, 3.63) is 71.3 Å². The van der Waals surface area contributed by atoms with Crippen molar-refractivity contribution in [2.24, 2.45) is 0 Å². The number of rotatable bonds is 4. The molecule has 0 saturated heterocycles. The Balaban J connectivity index is 1.94. The quantitative estimate of drug-likeness (QED) is 0.881. The molecule has 0 aliphatic heterocycles. The zero-order chi connectivity index (χ0) is 13.7. The Kier molecular flexibility index (Phi) is 4.31. The minimum atomic E-state index is -0.685. The lowest BCUT2D eigenvalue weighted by Crippen LogP contribution is -2.28. The first-order valence-electron chi connectivity index (χ1n) is 6.24. The SMILES string of the molecule is Cc1cccc(C(=O)NC[C@@H](O)c2ccccc2)c1. The Labute approximate surface area is 112 Å². The van der Waals surface area contributed by atoms with Gasteiger partial charge in [-0.2, -0.15) is 0 Å². The van der Waals surface area contributed by atoms with Crippen molar-refractivity contribution in [1.29, 1.82) is 0 Å². The lowest BCUT2D eigenvalue weighted by atomic mass is 10.1. The highest BCUT2D eigenvalue weighted by Crippen LogP contribution is 2.11. The predicted octanol–water partition coefficient (Wildman–Crippen LogP) is 2.46. The lowest BCUT2D eigenvalue weighted by molar-refractivity contribution is 0.0916.